The third kappa shape index (κ3) is 3.94. The molecule has 2 aliphatic rings. The van der Waals surface area contributed by atoms with Crippen LogP contribution in [-0.4, -0.2) is 60.0 Å². The maximum atomic E-state index is 13.4. The molecule has 2 saturated heterocycles. The second-order valence-electron chi connectivity index (χ2n) is 9.40. The van der Waals surface area contributed by atoms with E-state index in [2.05, 4.69) is 70.9 Å². The van der Waals surface area contributed by atoms with Crippen molar-refractivity contribution >= 4 is 39.0 Å². The quantitative estimate of drug-likeness (QED) is 0.592. The number of rotatable bonds is 3. The van der Waals surface area contributed by atoms with Crippen molar-refractivity contribution in [2.75, 3.05) is 49.1 Å². The molecule has 2 aromatic heterocycles. The van der Waals surface area contributed by atoms with Gasteiger partial charge in [0.15, 0.2) is 0 Å². The molecular weight excluding hydrogens is 418 g/mol. The number of hydrogen-bond donors (Lipinski definition) is 0. The minimum Gasteiger partial charge on any atom is -0.368 e. The van der Waals surface area contributed by atoms with E-state index in [0.29, 0.717) is 11.8 Å². The Morgan fingerprint density at radius 2 is 1.62 bits per heavy atom. The van der Waals surface area contributed by atoms with Crippen molar-refractivity contribution in [3.05, 3.63) is 47.1 Å². The van der Waals surface area contributed by atoms with Crippen molar-refractivity contribution < 1.29 is 4.79 Å². The zero-order valence-corrected chi connectivity index (χ0v) is 19.9. The fourth-order valence-electron chi connectivity index (χ4n) is 5.28. The molecule has 0 radical (unpaired) electrons. The van der Waals surface area contributed by atoms with Gasteiger partial charge < -0.3 is 14.7 Å². The van der Waals surface area contributed by atoms with E-state index in [1.165, 1.54) is 23.4 Å². The molecule has 6 nitrogen and oxygen atoms in total. The summed E-state index contributed by atoms with van der Waals surface area (Å²) in [5.74, 6) is 2.22. The van der Waals surface area contributed by atoms with Crippen LogP contribution in [-0.2, 0) is 0 Å². The normalized spacial score (nSPS) is 21.9. The van der Waals surface area contributed by atoms with Crippen molar-refractivity contribution in [2.45, 2.75) is 27.2 Å². The molecule has 0 N–H and O–H groups in total. The standard InChI is InChI=1S/C25H31N5OS/c1-17-13-18(2)15-30(14-17)25(31)22-19(3)21-23(26-16-27-24(21)32-22)29-11-9-28(10-12-29)20-7-5-4-6-8-20/h4-8,16-18H,9-15H2,1-3H3. The molecule has 3 aromatic rings. The number of para-hydroxylation sites is 1. The van der Waals surface area contributed by atoms with Crippen LogP contribution in [0, 0.1) is 18.8 Å². The molecule has 2 fully saturated rings. The summed E-state index contributed by atoms with van der Waals surface area (Å²) >= 11 is 1.52. The predicted molar refractivity (Wildman–Crippen MR) is 132 cm³/mol. The van der Waals surface area contributed by atoms with Gasteiger partial charge in [-0.25, -0.2) is 9.97 Å². The molecule has 0 saturated carbocycles. The molecular formula is C25H31N5OS. The van der Waals surface area contributed by atoms with E-state index in [1.807, 2.05) is 4.90 Å². The molecule has 2 aliphatic heterocycles. The lowest BCUT2D eigenvalue weighted by atomic mass is 9.92. The van der Waals surface area contributed by atoms with E-state index in [0.717, 1.165) is 65.7 Å². The first-order valence-electron chi connectivity index (χ1n) is 11.6. The summed E-state index contributed by atoms with van der Waals surface area (Å²) in [4.78, 5) is 31.2. The number of anilines is 2. The van der Waals surface area contributed by atoms with Crippen molar-refractivity contribution in [1.29, 1.82) is 0 Å². The number of hydrogen-bond acceptors (Lipinski definition) is 6. The van der Waals surface area contributed by atoms with E-state index >= 15 is 0 Å². The Balaban J connectivity index is 1.40. The van der Waals surface area contributed by atoms with Gasteiger partial charge in [-0.15, -0.1) is 11.3 Å². The minimum atomic E-state index is 0.156. The number of carbonyl (C=O) groups is 1. The number of nitrogens with zero attached hydrogens (tertiary/aromatic N) is 5. The maximum absolute atomic E-state index is 13.4. The van der Waals surface area contributed by atoms with Crippen LogP contribution in [0.4, 0.5) is 11.5 Å². The molecule has 0 bridgehead atoms. The number of piperidine rings is 1. The first kappa shape index (κ1) is 21.2. The van der Waals surface area contributed by atoms with Crippen LogP contribution in [0.2, 0.25) is 0 Å². The summed E-state index contributed by atoms with van der Waals surface area (Å²) in [6.07, 6.45) is 2.84. The van der Waals surface area contributed by atoms with E-state index in [-0.39, 0.29) is 5.91 Å². The number of likely N-dealkylation sites (tertiary alicyclic amines) is 1. The fraction of sp³-hybridized carbons (Fsp3) is 0.480. The number of aryl methyl sites for hydroxylation is 1. The van der Waals surface area contributed by atoms with Crippen LogP contribution in [0.1, 0.15) is 35.5 Å². The Hall–Kier alpha value is -2.67. The SMILES string of the molecule is Cc1c(C(=O)N2CC(C)CC(C)C2)sc2ncnc(N3CCN(c4ccccc4)CC3)c12. The predicted octanol–water partition coefficient (Wildman–Crippen LogP) is 4.44. The third-order valence-corrected chi connectivity index (χ3v) is 7.95. The molecule has 2 unspecified atom stereocenters. The third-order valence-electron chi connectivity index (χ3n) is 6.76. The number of thiophene rings is 1. The van der Waals surface area contributed by atoms with Crippen LogP contribution in [0.5, 0.6) is 0 Å². The Bertz CT molecular complexity index is 1100. The summed E-state index contributed by atoms with van der Waals surface area (Å²) < 4.78 is 0. The molecule has 1 amide bonds. The molecule has 1 aromatic carbocycles. The summed E-state index contributed by atoms with van der Waals surface area (Å²) in [5, 5.41) is 1.05. The van der Waals surface area contributed by atoms with Crippen LogP contribution in [0.15, 0.2) is 36.7 Å². The molecule has 0 spiro atoms. The van der Waals surface area contributed by atoms with Gasteiger partial charge in [-0.2, -0.15) is 0 Å². The summed E-state index contributed by atoms with van der Waals surface area (Å²) in [6.45, 7) is 12.0. The number of carbonyl (C=O) groups excluding carboxylic acids is 1. The number of benzene rings is 1. The summed E-state index contributed by atoms with van der Waals surface area (Å²) in [6, 6.07) is 10.6. The van der Waals surface area contributed by atoms with Crippen molar-refractivity contribution in [3.8, 4) is 0 Å². The molecule has 32 heavy (non-hydrogen) atoms. The Morgan fingerprint density at radius 1 is 0.969 bits per heavy atom. The topological polar surface area (TPSA) is 52.6 Å². The van der Waals surface area contributed by atoms with Crippen LogP contribution < -0.4 is 9.80 Å². The number of amides is 1. The lowest BCUT2D eigenvalue weighted by molar-refractivity contribution is 0.0627. The monoisotopic (exact) mass is 449 g/mol. The highest BCUT2D eigenvalue weighted by molar-refractivity contribution is 7.20. The van der Waals surface area contributed by atoms with Crippen molar-refractivity contribution in [2.24, 2.45) is 11.8 Å². The lowest BCUT2D eigenvalue weighted by Crippen LogP contribution is -2.46. The van der Waals surface area contributed by atoms with Crippen molar-refractivity contribution in [1.82, 2.24) is 14.9 Å². The minimum absolute atomic E-state index is 0.156. The second-order valence-corrected chi connectivity index (χ2v) is 10.4. The molecule has 2 atom stereocenters. The second kappa shape index (κ2) is 8.70. The first-order valence-corrected chi connectivity index (χ1v) is 12.4. The Labute approximate surface area is 193 Å². The van der Waals surface area contributed by atoms with Gasteiger partial charge in [-0.3, -0.25) is 4.79 Å². The number of fused-ring (bicyclic) bond motifs is 1. The summed E-state index contributed by atoms with van der Waals surface area (Å²) in [5.41, 5.74) is 2.30. The van der Waals surface area contributed by atoms with E-state index < -0.39 is 0 Å². The highest BCUT2D eigenvalue weighted by Crippen LogP contribution is 2.36. The maximum Gasteiger partial charge on any atom is 0.264 e. The van der Waals surface area contributed by atoms with Gasteiger partial charge in [-0.05, 0) is 42.9 Å². The van der Waals surface area contributed by atoms with Crippen LogP contribution >= 0.6 is 11.3 Å². The fourth-order valence-corrected chi connectivity index (χ4v) is 6.40. The van der Waals surface area contributed by atoms with Gasteiger partial charge in [-0.1, -0.05) is 32.0 Å². The highest BCUT2D eigenvalue weighted by Gasteiger charge is 2.30. The molecule has 5 rings (SSSR count). The lowest BCUT2D eigenvalue weighted by Gasteiger charge is -2.37. The van der Waals surface area contributed by atoms with Gasteiger partial charge in [0.1, 0.15) is 17.0 Å². The van der Waals surface area contributed by atoms with Crippen molar-refractivity contribution in [3.63, 3.8) is 0 Å². The smallest absolute Gasteiger partial charge is 0.264 e. The van der Waals surface area contributed by atoms with Crippen LogP contribution in [0.3, 0.4) is 0 Å². The van der Waals surface area contributed by atoms with Gasteiger partial charge in [0, 0.05) is 45.0 Å². The first-order chi connectivity index (χ1) is 15.5. The number of piperazine rings is 1. The Morgan fingerprint density at radius 3 is 2.31 bits per heavy atom. The average Bonchev–Trinajstić information content (AvgIpc) is 3.15. The highest BCUT2D eigenvalue weighted by atomic mass is 32.1. The number of aromatic nitrogens is 2. The Kier molecular flexibility index (Phi) is 5.76. The largest absolute Gasteiger partial charge is 0.368 e. The van der Waals surface area contributed by atoms with Gasteiger partial charge >= 0.3 is 0 Å². The van der Waals surface area contributed by atoms with Gasteiger partial charge in [0.05, 0.1) is 10.3 Å². The van der Waals surface area contributed by atoms with Crippen LogP contribution in [0.25, 0.3) is 10.2 Å². The summed E-state index contributed by atoms with van der Waals surface area (Å²) in [7, 11) is 0. The zero-order chi connectivity index (χ0) is 22.2. The molecule has 168 valence electrons. The van der Waals surface area contributed by atoms with Gasteiger partial charge in [0.25, 0.3) is 5.91 Å². The van der Waals surface area contributed by atoms with Gasteiger partial charge in [0.2, 0.25) is 0 Å². The molecule has 0 aliphatic carbocycles. The molecule has 7 heteroatoms. The van der Waals surface area contributed by atoms with E-state index in [1.54, 1.807) is 6.33 Å². The average molecular weight is 450 g/mol. The van der Waals surface area contributed by atoms with E-state index in [9.17, 15) is 4.79 Å². The van der Waals surface area contributed by atoms with E-state index in [4.69, 9.17) is 0 Å². The molecule has 4 heterocycles. The zero-order valence-electron chi connectivity index (χ0n) is 19.1.